The maximum Gasteiger partial charge on any atom is 0.260 e. The van der Waals surface area contributed by atoms with Gasteiger partial charge in [0, 0.05) is 31.9 Å². The van der Waals surface area contributed by atoms with E-state index in [1.54, 1.807) is 18.6 Å². The molecule has 1 aromatic carbocycles. The molecule has 0 N–H and O–H groups in total. The third-order valence-corrected chi connectivity index (χ3v) is 5.04. The quantitative estimate of drug-likeness (QED) is 0.635. The Morgan fingerprint density at radius 1 is 1.31 bits per heavy atom. The molecule has 0 aliphatic carbocycles. The third-order valence-electron chi connectivity index (χ3n) is 5.04. The van der Waals surface area contributed by atoms with Gasteiger partial charge in [-0.05, 0) is 37.3 Å². The second-order valence-corrected chi connectivity index (χ2v) is 7.21. The van der Waals surface area contributed by atoms with Crippen molar-refractivity contribution in [1.82, 2.24) is 25.0 Å². The number of amides is 1. The first kappa shape index (κ1) is 19.0. The van der Waals surface area contributed by atoms with Crippen LogP contribution >= 0.6 is 0 Å². The maximum absolute atomic E-state index is 12.6. The molecule has 2 aromatic heterocycles. The molecule has 8 heteroatoms. The molecule has 1 aliphatic heterocycles. The summed E-state index contributed by atoms with van der Waals surface area (Å²) in [6.07, 6.45) is 7.40. The van der Waals surface area contributed by atoms with Crippen molar-refractivity contribution in [2.24, 2.45) is 5.92 Å². The van der Waals surface area contributed by atoms with E-state index in [1.165, 1.54) is 0 Å². The summed E-state index contributed by atoms with van der Waals surface area (Å²) in [5.74, 6) is 2.02. The monoisotopic (exact) mass is 393 g/mol. The van der Waals surface area contributed by atoms with Crippen LogP contribution in [0.15, 0.2) is 47.4 Å². The molecule has 1 atom stereocenters. The molecule has 0 spiro atoms. The summed E-state index contributed by atoms with van der Waals surface area (Å²) in [6.45, 7) is 3.44. The minimum absolute atomic E-state index is 0.00345. The van der Waals surface area contributed by atoms with Crippen LogP contribution in [-0.2, 0) is 11.2 Å². The number of nitrogens with zero attached hydrogens (tertiary/aromatic N) is 5. The fraction of sp³-hybridized carbons (Fsp3) is 0.381. The van der Waals surface area contributed by atoms with E-state index in [1.807, 2.05) is 36.1 Å². The zero-order chi connectivity index (χ0) is 20.1. The van der Waals surface area contributed by atoms with Crippen molar-refractivity contribution in [3.63, 3.8) is 0 Å². The van der Waals surface area contributed by atoms with E-state index in [9.17, 15) is 4.79 Å². The van der Waals surface area contributed by atoms with Gasteiger partial charge in [0.25, 0.3) is 5.91 Å². The summed E-state index contributed by atoms with van der Waals surface area (Å²) < 4.78 is 11.1. The van der Waals surface area contributed by atoms with E-state index in [0.29, 0.717) is 30.4 Å². The highest BCUT2D eigenvalue weighted by Crippen LogP contribution is 2.22. The number of piperidine rings is 1. The van der Waals surface area contributed by atoms with Gasteiger partial charge in [-0.3, -0.25) is 9.78 Å². The Labute approximate surface area is 168 Å². The standard InChI is InChI=1S/C21H23N5O3/c1-15-5-2-3-7-18(15)28-14-20(27)26-10-4-6-16(13-26)11-19-24-21(25-29-19)17-12-22-8-9-23-17/h2-3,5,7-9,12,16H,4,6,10-11,13-14H2,1H3/t16-/m0/s1. The van der Waals surface area contributed by atoms with Crippen LogP contribution in [0.25, 0.3) is 11.5 Å². The van der Waals surface area contributed by atoms with Crippen molar-refractivity contribution in [3.8, 4) is 17.3 Å². The Bertz CT molecular complexity index is 960. The first-order valence-corrected chi connectivity index (χ1v) is 9.74. The number of hydrogen-bond acceptors (Lipinski definition) is 7. The van der Waals surface area contributed by atoms with Crippen molar-refractivity contribution >= 4 is 5.91 Å². The van der Waals surface area contributed by atoms with Crippen molar-refractivity contribution in [2.45, 2.75) is 26.2 Å². The van der Waals surface area contributed by atoms with E-state index < -0.39 is 0 Å². The van der Waals surface area contributed by atoms with Gasteiger partial charge in [0.15, 0.2) is 6.61 Å². The molecule has 3 aromatic rings. The number of benzene rings is 1. The Morgan fingerprint density at radius 3 is 3.03 bits per heavy atom. The molecule has 1 fully saturated rings. The topological polar surface area (TPSA) is 94.2 Å². The lowest BCUT2D eigenvalue weighted by Crippen LogP contribution is -2.42. The second kappa shape index (κ2) is 8.81. The zero-order valence-electron chi connectivity index (χ0n) is 16.3. The van der Waals surface area contributed by atoms with Gasteiger partial charge in [-0.15, -0.1) is 0 Å². The van der Waals surface area contributed by atoms with Crippen molar-refractivity contribution < 1.29 is 14.1 Å². The van der Waals surface area contributed by atoms with Crippen LogP contribution in [0, 0.1) is 12.8 Å². The van der Waals surface area contributed by atoms with Crippen LogP contribution in [0.4, 0.5) is 0 Å². The van der Waals surface area contributed by atoms with Gasteiger partial charge >= 0.3 is 0 Å². The number of hydrogen-bond donors (Lipinski definition) is 0. The van der Waals surface area contributed by atoms with Crippen LogP contribution in [-0.4, -0.2) is 50.6 Å². The fourth-order valence-electron chi connectivity index (χ4n) is 3.51. The van der Waals surface area contributed by atoms with Gasteiger partial charge in [0.05, 0.1) is 6.20 Å². The summed E-state index contributed by atoms with van der Waals surface area (Å²) in [5, 5.41) is 3.99. The number of carbonyl (C=O) groups excluding carboxylic acids is 1. The molecule has 150 valence electrons. The molecule has 1 aliphatic rings. The summed E-state index contributed by atoms with van der Waals surface area (Å²) in [4.78, 5) is 27.1. The third kappa shape index (κ3) is 4.77. The minimum Gasteiger partial charge on any atom is -0.484 e. The average Bonchev–Trinajstić information content (AvgIpc) is 3.22. The lowest BCUT2D eigenvalue weighted by atomic mass is 9.95. The van der Waals surface area contributed by atoms with Crippen molar-refractivity contribution in [1.29, 1.82) is 0 Å². The van der Waals surface area contributed by atoms with Gasteiger partial charge in [-0.2, -0.15) is 4.98 Å². The highest BCUT2D eigenvalue weighted by atomic mass is 16.5. The molecule has 0 saturated carbocycles. The summed E-state index contributed by atoms with van der Waals surface area (Å²) in [5.41, 5.74) is 1.60. The number of carbonyl (C=O) groups is 1. The number of ether oxygens (including phenoxy) is 1. The van der Waals surface area contributed by atoms with Crippen molar-refractivity contribution in [2.75, 3.05) is 19.7 Å². The molecule has 1 amide bonds. The first-order valence-electron chi connectivity index (χ1n) is 9.74. The van der Waals surface area contributed by atoms with Crippen LogP contribution < -0.4 is 4.74 Å². The Balaban J connectivity index is 1.32. The molecule has 8 nitrogen and oxygen atoms in total. The number of aryl methyl sites for hydroxylation is 1. The molecular formula is C21H23N5O3. The lowest BCUT2D eigenvalue weighted by Gasteiger charge is -2.32. The minimum atomic E-state index is 0.00345. The van der Waals surface area contributed by atoms with E-state index >= 15 is 0 Å². The molecule has 3 heterocycles. The highest BCUT2D eigenvalue weighted by Gasteiger charge is 2.26. The number of rotatable bonds is 6. The van der Waals surface area contributed by atoms with E-state index in [-0.39, 0.29) is 18.4 Å². The smallest absolute Gasteiger partial charge is 0.260 e. The van der Waals surface area contributed by atoms with E-state index in [2.05, 4.69) is 20.1 Å². The van der Waals surface area contributed by atoms with Gasteiger partial charge in [0.2, 0.25) is 11.7 Å². The molecular weight excluding hydrogens is 370 g/mol. The van der Waals surface area contributed by atoms with Crippen LogP contribution in [0.3, 0.4) is 0 Å². The number of likely N-dealkylation sites (tertiary alicyclic amines) is 1. The SMILES string of the molecule is Cc1ccccc1OCC(=O)N1CCC[C@@H](Cc2nc(-c3cnccn3)no2)C1. The summed E-state index contributed by atoms with van der Waals surface area (Å²) in [7, 11) is 0. The molecule has 4 rings (SSSR count). The molecule has 1 saturated heterocycles. The van der Waals surface area contributed by atoms with Gasteiger partial charge in [0.1, 0.15) is 11.4 Å². The van der Waals surface area contributed by atoms with Crippen LogP contribution in [0.1, 0.15) is 24.3 Å². The van der Waals surface area contributed by atoms with Crippen molar-refractivity contribution in [3.05, 3.63) is 54.3 Å². The Hall–Kier alpha value is -3.29. The molecule has 0 bridgehead atoms. The predicted molar refractivity (Wildman–Crippen MR) is 105 cm³/mol. The second-order valence-electron chi connectivity index (χ2n) is 7.21. The predicted octanol–water partition coefficient (Wildman–Crippen LogP) is 2.70. The van der Waals surface area contributed by atoms with Gasteiger partial charge in [-0.1, -0.05) is 23.4 Å². The lowest BCUT2D eigenvalue weighted by molar-refractivity contribution is -0.135. The fourth-order valence-corrected chi connectivity index (χ4v) is 3.51. The van der Waals surface area contributed by atoms with Gasteiger partial charge in [-0.25, -0.2) is 4.98 Å². The largest absolute Gasteiger partial charge is 0.484 e. The normalized spacial score (nSPS) is 16.6. The van der Waals surface area contributed by atoms with Crippen LogP contribution in [0.2, 0.25) is 0 Å². The average molecular weight is 393 g/mol. The van der Waals surface area contributed by atoms with E-state index in [0.717, 1.165) is 30.7 Å². The molecule has 29 heavy (non-hydrogen) atoms. The number of para-hydroxylation sites is 1. The molecule has 0 unspecified atom stereocenters. The highest BCUT2D eigenvalue weighted by molar-refractivity contribution is 5.78. The maximum atomic E-state index is 12.6. The van der Waals surface area contributed by atoms with Crippen LogP contribution in [0.5, 0.6) is 5.75 Å². The summed E-state index contributed by atoms with van der Waals surface area (Å²) >= 11 is 0. The molecule has 0 radical (unpaired) electrons. The zero-order valence-corrected chi connectivity index (χ0v) is 16.3. The van der Waals surface area contributed by atoms with Gasteiger partial charge < -0.3 is 14.2 Å². The summed E-state index contributed by atoms with van der Waals surface area (Å²) in [6, 6.07) is 7.71. The Kier molecular flexibility index (Phi) is 5.79. The number of aromatic nitrogens is 4. The van der Waals surface area contributed by atoms with E-state index in [4.69, 9.17) is 9.26 Å². The Morgan fingerprint density at radius 2 is 2.21 bits per heavy atom. The first-order chi connectivity index (χ1) is 14.2.